The molecule has 3 heteroatoms. The average molecular weight is 262 g/mol. The van der Waals surface area contributed by atoms with E-state index in [1.807, 2.05) is 6.07 Å². The molecule has 1 heterocycles. The molecule has 1 aliphatic carbocycles. The maximum atomic E-state index is 10.2. The number of ether oxygens (including phenoxy) is 2. The van der Waals surface area contributed by atoms with E-state index < -0.39 is 5.60 Å². The topological polar surface area (TPSA) is 38.7 Å². The summed E-state index contributed by atoms with van der Waals surface area (Å²) in [5.74, 6) is 2.12. The van der Waals surface area contributed by atoms with Gasteiger partial charge in [-0.1, -0.05) is 19.9 Å². The summed E-state index contributed by atoms with van der Waals surface area (Å²) in [6.45, 7) is 5.77. The number of hydrogen-bond acceptors (Lipinski definition) is 3. The third-order valence-electron chi connectivity index (χ3n) is 3.97. The van der Waals surface area contributed by atoms with Crippen LogP contribution in [0.25, 0.3) is 0 Å². The van der Waals surface area contributed by atoms with Gasteiger partial charge in [-0.05, 0) is 30.4 Å². The van der Waals surface area contributed by atoms with Gasteiger partial charge in [-0.25, -0.2) is 0 Å². The highest BCUT2D eigenvalue weighted by atomic mass is 16.5. The van der Waals surface area contributed by atoms with Crippen LogP contribution in [-0.4, -0.2) is 23.9 Å². The van der Waals surface area contributed by atoms with Crippen LogP contribution in [0.5, 0.6) is 11.5 Å². The van der Waals surface area contributed by atoms with Crippen LogP contribution in [0.15, 0.2) is 12.1 Å². The van der Waals surface area contributed by atoms with Crippen molar-refractivity contribution in [3.8, 4) is 11.5 Å². The van der Waals surface area contributed by atoms with Crippen molar-refractivity contribution in [3.05, 3.63) is 23.3 Å². The van der Waals surface area contributed by atoms with E-state index in [4.69, 9.17) is 9.47 Å². The van der Waals surface area contributed by atoms with Gasteiger partial charge < -0.3 is 14.6 Å². The highest BCUT2D eigenvalue weighted by Gasteiger charge is 2.41. The molecule has 0 atom stereocenters. The smallest absolute Gasteiger partial charge is 0.164 e. The molecule has 1 fully saturated rings. The molecule has 3 nitrogen and oxygen atoms in total. The van der Waals surface area contributed by atoms with Gasteiger partial charge in [0.05, 0.1) is 18.8 Å². The second-order valence-electron chi connectivity index (χ2n) is 6.07. The van der Waals surface area contributed by atoms with E-state index in [1.54, 1.807) is 0 Å². The zero-order chi connectivity index (χ0) is 13.5. The first kappa shape index (κ1) is 12.8. The Labute approximate surface area is 114 Å². The van der Waals surface area contributed by atoms with Gasteiger partial charge in [0, 0.05) is 18.4 Å². The predicted octanol–water partition coefficient (Wildman–Crippen LogP) is 3.04. The second kappa shape index (κ2) is 4.71. The van der Waals surface area contributed by atoms with Crippen LogP contribution in [0, 0.1) is 0 Å². The average Bonchev–Trinajstić information content (AvgIpc) is 3.11. The van der Waals surface area contributed by atoms with E-state index in [9.17, 15) is 5.11 Å². The minimum atomic E-state index is -0.469. The van der Waals surface area contributed by atoms with E-state index in [0.29, 0.717) is 19.1 Å². The molecule has 1 aromatic rings. The molecular formula is C16H22O3. The van der Waals surface area contributed by atoms with Crippen molar-refractivity contribution in [3.63, 3.8) is 0 Å². The fourth-order valence-electron chi connectivity index (χ4n) is 2.76. The van der Waals surface area contributed by atoms with Crippen molar-refractivity contribution >= 4 is 0 Å². The van der Waals surface area contributed by atoms with E-state index in [0.717, 1.165) is 37.2 Å². The van der Waals surface area contributed by atoms with E-state index in [-0.39, 0.29) is 0 Å². The lowest BCUT2D eigenvalue weighted by molar-refractivity contribution is 0.150. The maximum Gasteiger partial charge on any atom is 0.164 e. The Kier molecular flexibility index (Phi) is 3.17. The monoisotopic (exact) mass is 262 g/mol. The van der Waals surface area contributed by atoms with Gasteiger partial charge in [0.2, 0.25) is 0 Å². The van der Waals surface area contributed by atoms with E-state index in [1.165, 1.54) is 11.1 Å². The first-order chi connectivity index (χ1) is 9.09. The quantitative estimate of drug-likeness (QED) is 0.910. The Morgan fingerprint density at radius 2 is 1.95 bits per heavy atom. The molecule has 1 aliphatic heterocycles. The molecular weight excluding hydrogens is 240 g/mol. The van der Waals surface area contributed by atoms with Gasteiger partial charge in [0.15, 0.2) is 11.5 Å². The van der Waals surface area contributed by atoms with Crippen LogP contribution >= 0.6 is 0 Å². The van der Waals surface area contributed by atoms with Crippen molar-refractivity contribution in [2.45, 2.75) is 51.0 Å². The van der Waals surface area contributed by atoms with Gasteiger partial charge in [-0.15, -0.1) is 0 Å². The SMILES string of the molecule is CC(C)c1c(CC2(O)CC2)ccc2c1OCCCO2. The molecule has 0 amide bonds. The van der Waals surface area contributed by atoms with Gasteiger partial charge in [-0.3, -0.25) is 0 Å². The maximum absolute atomic E-state index is 10.2. The summed E-state index contributed by atoms with van der Waals surface area (Å²) in [5.41, 5.74) is 1.95. The predicted molar refractivity (Wildman–Crippen MR) is 74.0 cm³/mol. The Morgan fingerprint density at radius 3 is 2.63 bits per heavy atom. The second-order valence-corrected chi connectivity index (χ2v) is 6.07. The summed E-state index contributed by atoms with van der Waals surface area (Å²) >= 11 is 0. The molecule has 0 aromatic heterocycles. The highest BCUT2D eigenvalue weighted by molar-refractivity contribution is 5.53. The molecule has 3 rings (SSSR count). The highest BCUT2D eigenvalue weighted by Crippen LogP contribution is 2.44. The van der Waals surface area contributed by atoms with Crippen LogP contribution in [0.1, 0.15) is 50.2 Å². The van der Waals surface area contributed by atoms with Crippen LogP contribution in [0.3, 0.4) is 0 Å². The molecule has 104 valence electrons. The third kappa shape index (κ3) is 2.57. The van der Waals surface area contributed by atoms with Crippen LogP contribution in [-0.2, 0) is 6.42 Å². The first-order valence-electron chi connectivity index (χ1n) is 7.23. The number of benzene rings is 1. The summed E-state index contributed by atoms with van der Waals surface area (Å²) in [7, 11) is 0. The van der Waals surface area contributed by atoms with E-state index >= 15 is 0 Å². The summed E-state index contributed by atoms with van der Waals surface area (Å²) in [6, 6.07) is 4.09. The Morgan fingerprint density at radius 1 is 1.21 bits per heavy atom. The molecule has 0 bridgehead atoms. The van der Waals surface area contributed by atoms with Gasteiger partial charge in [0.25, 0.3) is 0 Å². The van der Waals surface area contributed by atoms with Crippen LogP contribution in [0.2, 0.25) is 0 Å². The van der Waals surface area contributed by atoms with Crippen molar-refractivity contribution in [1.29, 1.82) is 0 Å². The molecule has 19 heavy (non-hydrogen) atoms. The summed E-state index contributed by atoms with van der Waals surface area (Å²) in [5, 5.41) is 10.2. The molecule has 0 radical (unpaired) electrons. The summed E-state index contributed by atoms with van der Waals surface area (Å²) in [4.78, 5) is 0. The molecule has 1 N–H and O–H groups in total. The third-order valence-corrected chi connectivity index (χ3v) is 3.97. The van der Waals surface area contributed by atoms with Crippen molar-refractivity contribution in [2.24, 2.45) is 0 Å². The number of fused-ring (bicyclic) bond motifs is 1. The Balaban J connectivity index is 2.01. The largest absolute Gasteiger partial charge is 0.490 e. The Hall–Kier alpha value is -1.22. The molecule has 0 saturated heterocycles. The zero-order valence-corrected chi connectivity index (χ0v) is 11.7. The lowest BCUT2D eigenvalue weighted by atomic mass is 9.91. The van der Waals surface area contributed by atoms with Crippen LogP contribution in [0.4, 0.5) is 0 Å². The summed E-state index contributed by atoms with van der Waals surface area (Å²) in [6.07, 6.45) is 3.49. The van der Waals surface area contributed by atoms with Gasteiger partial charge in [-0.2, -0.15) is 0 Å². The number of rotatable bonds is 3. The fourth-order valence-corrected chi connectivity index (χ4v) is 2.76. The first-order valence-corrected chi connectivity index (χ1v) is 7.23. The molecule has 1 aromatic carbocycles. The fraction of sp³-hybridized carbons (Fsp3) is 0.625. The van der Waals surface area contributed by atoms with Crippen molar-refractivity contribution < 1.29 is 14.6 Å². The lowest BCUT2D eigenvalue weighted by Gasteiger charge is -2.20. The Bertz CT molecular complexity index is 475. The minimum absolute atomic E-state index is 0.369. The number of hydrogen-bond donors (Lipinski definition) is 1. The molecule has 0 spiro atoms. The van der Waals surface area contributed by atoms with E-state index in [2.05, 4.69) is 19.9 Å². The zero-order valence-electron chi connectivity index (χ0n) is 11.7. The standard InChI is InChI=1S/C16H22O3/c1-11(2)14-12(10-16(17)6-7-16)4-5-13-15(14)19-9-3-8-18-13/h4-5,11,17H,3,6-10H2,1-2H3. The van der Waals surface area contributed by atoms with Crippen molar-refractivity contribution in [1.82, 2.24) is 0 Å². The van der Waals surface area contributed by atoms with Crippen LogP contribution < -0.4 is 9.47 Å². The minimum Gasteiger partial charge on any atom is -0.490 e. The van der Waals surface area contributed by atoms with Gasteiger partial charge >= 0.3 is 0 Å². The lowest BCUT2D eigenvalue weighted by Crippen LogP contribution is -2.14. The van der Waals surface area contributed by atoms with Crippen molar-refractivity contribution in [2.75, 3.05) is 13.2 Å². The molecule has 2 aliphatic rings. The molecule has 0 unspecified atom stereocenters. The van der Waals surface area contributed by atoms with Gasteiger partial charge in [0.1, 0.15) is 0 Å². The molecule has 1 saturated carbocycles. The normalized spacial score (nSPS) is 20.2. The summed E-state index contributed by atoms with van der Waals surface area (Å²) < 4.78 is 11.7. The number of aliphatic hydroxyl groups is 1.